The van der Waals surface area contributed by atoms with Gasteiger partial charge in [-0.25, -0.2) is 0 Å². The second-order valence-corrected chi connectivity index (χ2v) is 8.45. The van der Waals surface area contributed by atoms with Crippen LogP contribution in [0.4, 0.5) is 0 Å². The fourth-order valence-electron chi connectivity index (χ4n) is 2.56. The molecule has 154 valence electrons. The lowest BCUT2D eigenvalue weighted by Crippen LogP contribution is -2.29. The van der Waals surface area contributed by atoms with E-state index < -0.39 is 13.2 Å². The van der Waals surface area contributed by atoms with Gasteiger partial charge in [-0.05, 0) is 32.9 Å². The van der Waals surface area contributed by atoms with E-state index in [1.54, 1.807) is 0 Å². The first-order chi connectivity index (χ1) is 12.4. The lowest BCUT2D eigenvalue weighted by atomic mass is 9.83. The van der Waals surface area contributed by atoms with Gasteiger partial charge in [0.05, 0.1) is 46.6 Å². The Labute approximate surface area is 157 Å². The fourth-order valence-corrected chi connectivity index (χ4v) is 4.12. The second-order valence-electron chi connectivity index (χ2n) is 6.37. The second kappa shape index (κ2) is 15.2. The third-order valence-corrected chi connectivity index (χ3v) is 5.73. The first-order valence-electron chi connectivity index (χ1n) is 9.30. The topological polar surface area (TPSA) is 88.1 Å². The van der Waals surface area contributed by atoms with Gasteiger partial charge in [-0.3, -0.25) is 9.59 Å². The van der Waals surface area contributed by atoms with E-state index in [0.717, 1.165) is 6.42 Å². The maximum absolute atomic E-state index is 12.2. The fraction of sp³-hybridized carbons (Fsp3) is 0.889. The number of hydrogen-bond donors (Lipinski definition) is 0. The largest absolute Gasteiger partial charge is 0.469 e. The van der Waals surface area contributed by atoms with E-state index >= 15 is 0 Å². The highest BCUT2D eigenvalue weighted by atomic mass is 31.1. The first kappa shape index (κ1) is 25.1. The Morgan fingerprint density at radius 3 is 2.23 bits per heavy atom. The van der Waals surface area contributed by atoms with Gasteiger partial charge < -0.3 is 23.5 Å². The third kappa shape index (κ3) is 11.7. The molecule has 0 heterocycles. The van der Waals surface area contributed by atoms with Crippen molar-refractivity contribution in [2.24, 2.45) is 5.41 Å². The minimum atomic E-state index is -1.93. The van der Waals surface area contributed by atoms with Crippen molar-refractivity contribution in [3.05, 3.63) is 0 Å². The normalized spacial score (nSPS) is 14.5. The zero-order chi connectivity index (χ0) is 19.8. The van der Waals surface area contributed by atoms with Crippen LogP contribution in [0, 0.1) is 5.41 Å². The summed E-state index contributed by atoms with van der Waals surface area (Å²) < 4.78 is 32.4. The standard InChI is InChI=1S/C18H35O7P/c1-5-8-18(3,17(20)22-4)9-15-26(21)14-7-16(19)25-13-12-24-11-10-23-6-2/h26H,5-15H2,1-4H3. The molecule has 0 radical (unpaired) electrons. The van der Waals surface area contributed by atoms with Gasteiger partial charge in [0.1, 0.15) is 6.61 Å². The van der Waals surface area contributed by atoms with Crippen LogP contribution in [0.25, 0.3) is 0 Å². The SMILES string of the molecule is CCCC(C)(CC[PH](=O)CCC(=O)OCCOCCOCC)C(=O)OC. The summed E-state index contributed by atoms with van der Waals surface area (Å²) >= 11 is 0. The van der Waals surface area contributed by atoms with E-state index in [2.05, 4.69) is 0 Å². The summed E-state index contributed by atoms with van der Waals surface area (Å²) in [5, 5.41) is 0. The van der Waals surface area contributed by atoms with E-state index in [4.69, 9.17) is 18.9 Å². The number of carbonyl (C=O) groups excluding carboxylic acids is 2. The molecule has 0 N–H and O–H groups in total. The molecule has 0 spiro atoms. The van der Waals surface area contributed by atoms with Crippen LogP contribution in [-0.4, -0.2) is 64.4 Å². The van der Waals surface area contributed by atoms with Crippen LogP contribution in [0.15, 0.2) is 0 Å². The molecule has 0 amide bonds. The van der Waals surface area contributed by atoms with Gasteiger partial charge in [-0.1, -0.05) is 13.3 Å². The van der Waals surface area contributed by atoms with Crippen molar-refractivity contribution in [1.82, 2.24) is 0 Å². The summed E-state index contributed by atoms with van der Waals surface area (Å²) in [5.41, 5.74) is -0.608. The van der Waals surface area contributed by atoms with Gasteiger partial charge >= 0.3 is 11.9 Å². The highest BCUT2D eigenvalue weighted by Gasteiger charge is 2.33. The predicted octanol–water partition coefficient (Wildman–Crippen LogP) is 2.90. The monoisotopic (exact) mass is 394 g/mol. The van der Waals surface area contributed by atoms with Gasteiger partial charge in [0.25, 0.3) is 0 Å². The van der Waals surface area contributed by atoms with Crippen LogP contribution in [0.5, 0.6) is 0 Å². The molecule has 0 aromatic rings. The number of hydrogen-bond acceptors (Lipinski definition) is 7. The minimum absolute atomic E-state index is 0.124. The number of methoxy groups -OCH3 is 1. The van der Waals surface area contributed by atoms with Crippen molar-refractivity contribution in [2.45, 2.75) is 46.5 Å². The van der Waals surface area contributed by atoms with E-state index in [9.17, 15) is 14.2 Å². The quantitative estimate of drug-likeness (QED) is 0.226. The molecular weight excluding hydrogens is 359 g/mol. The summed E-state index contributed by atoms with van der Waals surface area (Å²) in [4.78, 5) is 23.6. The van der Waals surface area contributed by atoms with Crippen LogP contribution < -0.4 is 0 Å². The smallest absolute Gasteiger partial charge is 0.311 e. The number of esters is 2. The molecule has 2 atom stereocenters. The summed E-state index contributed by atoms with van der Waals surface area (Å²) in [5.74, 6) is -0.640. The Kier molecular flexibility index (Phi) is 14.6. The zero-order valence-electron chi connectivity index (χ0n) is 16.6. The zero-order valence-corrected chi connectivity index (χ0v) is 17.6. The van der Waals surface area contributed by atoms with Crippen LogP contribution in [0.3, 0.4) is 0 Å². The van der Waals surface area contributed by atoms with E-state index in [-0.39, 0.29) is 25.0 Å². The Morgan fingerprint density at radius 1 is 0.962 bits per heavy atom. The average Bonchev–Trinajstić information content (AvgIpc) is 2.63. The molecule has 0 aliphatic rings. The molecule has 26 heavy (non-hydrogen) atoms. The van der Waals surface area contributed by atoms with Crippen LogP contribution >= 0.6 is 7.80 Å². The van der Waals surface area contributed by atoms with Crippen LogP contribution in [-0.2, 0) is 33.1 Å². The highest BCUT2D eigenvalue weighted by molar-refractivity contribution is 7.44. The predicted molar refractivity (Wildman–Crippen MR) is 101 cm³/mol. The van der Waals surface area contributed by atoms with Crippen molar-refractivity contribution in [3.63, 3.8) is 0 Å². The molecule has 0 saturated heterocycles. The van der Waals surface area contributed by atoms with Crippen molar-refractivity contribution < 1.29 is 33.1 Å². The molecular formula is C18H35O7P. The Bertz CT molecular complexity index is 428. The maximum atomic E-state index is 12.2. The molecule has 0 aliphatic heterocycles. The lowest BCUT2D eigenvalue weighted by molar-refractivity contribution is -0.152. The van der Waals surface area contributed by atoms with E-state index in [1.807, 2.05) is 20.8 Å². The maximum Gasteiger partial charge on any atom is 0.311 e. The van der Waals surface area contributed by atoms with Crippen molar-refractivity contribution in [1.29, 1.82) is 0 Å². The molecule has 0 bridgehead atoms. The van der Waals surface area contributed by atoms with E-state index in [0.29, 0.717) is 51.6 Å². The molecule has 0 aliphatic carbocycles. The van der Waals surface area contributed by atoms with Gasteiger partial charge in [0.2, 0.25) is 0 Å². The molecule has 2 unspecified atom stereocenters. The van der Waals surface area contributed by atoms with Crippen LogP contribution in [0.2, 0.25) is 0 Å². The van der Waals surface area contributed by atoms with Gasteiger partial charge in [0, 0.05) is 12.8 Å². The molecule has 0 saturated carbocycles. The number of ether oxygens (including phenoxy) is 4. The minimum Gasteiger partial charge on any atom is -0.469 e. The van der Waals surface area contributed by atoms with Crippen LogP contribution in [0.1, 0.15) is 46.5 Å². The highest BCUT2D eigenvalue weighted by Crippen LogP contribution is 2.34. The average molecular weight is 394 g/mol. The molecule has 8 heteroatoms. The van der Waals surface area contributed by atoms with Crippen molar-refractivity contribution >= 4 is 19.7 Å². The molecule has 0 rings (SSSR count). The number of rotatable bonds is 16. The number of carbonyl (C=O) groups is 2. The summed E-state index contributed by atoms with van der Waals surface area (Å²) in [6.07, 6.45) is 2.92. The van der Waals surface area contributed by atoms with Gasteiger partial charge in [-0.15, -0.1) is 0 Å². The molecule has 7 nitrogen and oxygen atoms in total. The Hall–Kier alpha value is -0.910. The summed E-state index contributed by atoms with van der Waals surface area (Å²) in [7, 11) is -0.557. The summed E-state index contributed by atoms with van der Waals surface area (Å²) in [6.45, 7) is 7.90. The van der Waals surface area contributed by atoms with Crippen molar-refractivity contribution in [3.8, 4) is 0 Å². The van der Waals surface area contributed by atoms with Gasteiger partial charge in [0.15, 0.2) is 0 Å². The lowest BCUT2D eigenvalue weighted by Gasteiger charge is -2.25. The molecule has 0 fully saturated rings. The van der Waals surface area contributed by atoms with Crippen molar-refractivity contribution in [2.75, 3.05) is 52.5 Å². The Balaban J connectivity index is 3.92. The Morgan fingerprint density at radius 2 is 1.62 bits per heavy atom. The molecule has 0 aromatic heterocycles. The van der Waals surface area contributed by atoms with E-state index in [1.165, 1.54) is 7.11 Å². The van der Waals surface area contributed by atoms with Gasteiger partial charge in [-0.2, -0.15) is 0 Å². The summed E-state index contributed by atoms with van der Waals surface area (Å²) in [6, 6.07) is 0. The molecule has 0 aromatic carbocycles. The first-order valence-corrected chi connectivity index (χ1v) is 11.1. The third-order valence-electron chi connectivity index (χ3n) is 4.11.